The summed E-state index contributed by atoms with van der Waals surface area (Å²) in [5.41, 5.74) is 0.741. The number of carbonyl (C=O) groups is 1. The minimum atomic E-state index is -0.380. The third kappa shape index (κ3) is 3.76. The quantitative estimate of drug-likeness (QED) is 0.884. The standard InChI is InChI=1S/C14H15ClN2O2/c1-10(17-13-7-3-2-6-12(13)15)14(18)16-9-11-5-4-8-19-11/h2-8,10,17H,9H2,1H3,(H,16,18). The fourth-order valence-electron chi connectivity index (χ4n) is 1.62. The molecule has 0 radical (unpaired) electrons. The van der Waals surface area contributed by atoms with Gasteiger partial charge in [-0.1, -0.05) is 23.7 Å². The Labute approximate surface area is 116 Å². The summed E-state index contributed by atoms with van der Waals surface area (Å²) in [6.07, 6.45) is 1.58. The molecule has 0 bridgehead atoms. The van der Waals surface area contributed by atoms with E-state index >= 15 is 0 Å². The number of hydrogen-bond donors (Lipinski definition) is 2. The van der Waals surface area contributed by atoms with Crippen LogP contribution in [-0.2, 0) is 11.3 Å². The smallest absolute Gasteiger partial charge is 0.242 e. The van der Waals surface area contributed by atoms with Gasteiger partial charge in [-0.05, 0) is 31.2 Å². The molecule has 0 aliphatic rings. The number of anilines is 1. The van der Waals surface area contributed by atoms with Gasteiger partial charge in [0.2, 0.25) is 5.91 Å². The van der Waals surface area contributed by atoms with Gasteiger partial charge in [-0.2, -0.15) is 0 Å². The van der Waals surface area contributed by atoms with E-state index in [1.807, 2.05) is 24.3 Å². The summed E-state index contributed by atoms with van der Waals surface area (Å²) >= 11 is 6.02. The molecular formula is C14H15ClN2O2. The average molecular weight is 279 g/mol. The Morgan fingerprint density at radius 3 is 2.79 bits per heavy atom. The average Bonchev–Trinajstić information content (AvgIpc) is 2.91. The fraction of sp³-hybridized carbons (Fsp3) is 0.214. The van der Waals surface area contributed by atoms with Crippen LogP contribution in [0.25, 0.3) is 0 Å². The summed E-state index contributed by atoms with van der Waals surface area (Å²) in [7, 11) is 0. The van der Waals surface area contributed by atoms with Crippen LogP contribution in [0.2, 0.25) is 5.02 Å². The Hall–Kier alpha value is -1.94. The second-order valence-corrected chi connectivity index (χ2v) is 4.55. The summed E-state index contributed by atoms with van der Waals surface area (Å²) < 4.78 is 5.14. The van der Waals surface area contributed by atoms with E-state index in [2.05, 4.69) is 10.6 Å². The van der Waals surface area contributed by atoms with Crippen molar-refractivity contribution in [3.63, 3.8) is 0 Å². The lowest BCUT2D eigenvalue weighted by Crippen LogP contribution is -2.37. The lowest BCUT2D eigenvalue weighted by molar-refractivity contribution is -0.121. The number of amides is 1. The van der Waals surface area contributed by atoms with E-state index in [4.69, 9.17) is 16.0 Å². The molecule has 1 heterocycles. The largest absolute Gasteiger partial charge is 0.467 e. The summed E-state index contributed by atoms with van der Waals surface area (Å²) in [6, 6.07) is 10.5. The Morgan fingerprint density at radius 1 is 1.32 bits per heavy atom. The van der Waals surface area contributed by atoms with Gasteiger partial charge >= 0.3 is 0 Å². The number of furan rings is 1. The minimum absolute atomic E-state index is 0.115. The molecule has 1 atom stereocenters. The van der Waals surface area contributed by atoms with Gasteiger partial charge in [-0.15, -0.1) is 0 Å². The fourth-order valence-corrected chi connectivity index (χ4v) is 1.81. The van der Waals surface area contributed by atoms with Crippen LogP contribution in [0.4, 0.5) is 5.69 Å². The molecule has 1 aromatic heterocycles. The van der Waals surface area contributed by atoms with Gasteiger partial charge in [0.05, 0.1) is 23.5 Å². The highest BCUT2D eigenvalue weighted by atomic mass is 35.5. The number of nitrogens with one attached hydrogen (secondary N) is 2. The Balaban J connectivity index is 1.87. The van der Waals surface area contributed by atoms with Gasteiger partial charge in [0.25, 0.3) is 0 Å². The van der Waals surface area contributed by atoms with E-state index in [0.29, 0.717) is 11.6 Å². The van der Waals surface area contributed by atoms with Crippen LogP contribution < -0.4 is 10.6 Å². The molecule has 0 aliphatic heterocycles. The monoisotopic (exact) mass is 278 g/mol. The van der Waals surface area contributed by atoms with Crippen LogP contribution in [0.15, 0.2) is 47.1 Å². The summed E-state index contributed by atoms with van der Waals surface area (Å²) in [4.78, 5) is 11.9. The van der Waals surface area contributed by atoms with E-state index in [0.717, 1.165) is 11.4 Å². The zero-order chi connectivity index (χ0) is 13.7. The number of carbonyl (C=O) groups excluding carboxylic acids is 1. The molecule has 2 aromatic rings. The molecule has 19 heavy (non-hydrogen) atoms. The van der Waals surface area contributed by atoms with Crippen LogP contribution >= 0.6 is 11.6 Å². The van der Waals surface area contributed by atoms with Gasteiger partial charge in [0.1, 0.15) is 11.8 Å². The van der Waals surface area contributed by atoms with Gasteiger partial charge in [0.15, 0.2) is 0 Å². The maximum Gasteiger partial charge on any atom is 0.242 e. The van der Waals surface area contributed by atoms with E-state index in [1.54, 1.807) is 25.3 Å². The Bertz CT molecular complexity index is 540. The van der Waals surface area contributed by atoms with Crippen molar-refractivity contribution in [2.45, 2.75) is 19.5 Å². The number of rotatable bonds is 5. The van der Waals surface area contributed by atoms with Crippen molar-refractivity contribution in [1.29, 1.82) is 0 Å². The molecule has 1 aromatic carbocycles. The zero-order valence-corrected chi connectivity index (χ0v) is 11.3. The maximum absolute atomic E-state index is 11.9. The SMILES string of the molecule is CC(Nc1ccccc1Cl)C(=O)NCc1ccco1. The van der Waals surface area contributed by atoms with Gasteiger partial charge in [-0.25, -0.2) is 0 Å². The van der Waals surface area contributed by atoms with Crippen molar-refractivity contribution in [3.8, 4) is 0 Å². The third-order valence-electron chi connectivity index (χ3n) is 2.66. The molecule has 1 amide bonds. The second kappa shape index (κ2) is 6.29. The molecule has 1 unspecified atom stereocenters. The highest BCUT2D eigenvalue weighted by Crippen LogP contribution is 2.21. The first-order valence-electron chi connectivity index (χ1n) is 5.98. The molecule has 0 fully saturated rings. The van der Waals surface area contributed by atoms with E-state index in [9.17, 15) is 4.79 Å². The highest BCUT2D eigenvalue weighted by molar-refractivity contribution is 6.33. The Kier molecular flexibility index (Phi) is 4.47. The molecule has 5 heteroatoms. The van der Waals surface area contributed by atoms with Crippen LogP contribution in [0.5, 0.6) is 0 Å². The number of para-hydroxylation sites is 1. The first-order chi connectivity index (χ1) is 9.16. The first-order valence-corrected chi connectivity index (χ1v) is 6.36. The van der Waals surface area contributed by atoms with Crippen molar-refractivity contribution in [1.82, 2.24) is 5.32 Å². The minimum Gasteiger partial charge on any atom is -0.467 e. The highest BCUT2D eigenvalue weighted by Gasteiger charge is 2.13. The predicted molar refractivity (Wildman–Crippen MR) is 75.1 cm³/mol. The molecular weight excluding hydrogens is 264 g/mol. The molecule has 2 N–H and O–H groups in total. The van der Waals surface area contributed by atoms with E-state index in [-0.39, 0.29) is 11.9 Å². The van der Waals surface area contributed by atoms with Crippen molar-refractivity contribution in [2.24, 2.45) is 0 Å². The predicted octanol–water partition coefficient (Wildman–Crippen LogP) is 3.05. The third-order valence-corrected chi connectivity index (χ3v) is 2.99. The lowest BCUT2D eigenvalue weighted by atomic mass is 10.2. The first kappa shape index (κ1) is 13.5. The van der Waals surface area contributed by atoms with Crippen LogP contribution in [-0.4, -0.2) is 11.9 Å². The summed E-state index contributed by atoms with van der Waals surface area (Å²) in [6.45, 7) is 2.15. The van der Waals surface area contributed by atoms with Gasteiger partial charge in [0, 0.05) is 0 Å². The molecule has 0 saturated heterocycles. The number of halogens is 1. The zero-order valence-electron chi connectivity index (χ0n) is 10.5. The van der Waals surface area contributed by atoms with E-state index in [1.165, 1.54) is 0 Å². The molecule has 0 spiro atoms. The van der Waals surface area contributed by atoms with Crippen molar-refractivity contribution in [3.05, 3.63) is 53.4 Å². The van der Waals surface area contributed by atoms with E-state index < -0.39 is 0 Å². The molecule has 0 saturated carbocycles. The van der Waals surface area contributed by atoms with Crippen LogP contribution in [0.1, 0.15) is 12.7 Å². The van der Waals surface area contributed by atoms with Crippen LogP contribution in [0.3, 0.4) is 0 Å². The topological polar surface area (TPSA) is 54.3 Å². The molecule has 2 rings (SSSR count). The van der Waals surface area contributed by atoms with Crippen molar-refractivity contribution >= 4 is 23.2 Å². The Morgan fingerprint density at radius 2 is 2.11 bits per heavy atom. The number of benzene rings is 1. The molecule has 4 nitrogen and oxygen atoms in total. The van der Waals surface area contributed by atoms with Crippen LogP contribution in [0, 0.1) is 0 Å². The summed E-state index contributed by atoms with van der Waals surface area (Å²) in [5, 5.41) is 6.44. The molecule has 100 valence electrons. The lowest BCUT2D eigenvalue weighted by Gasteiger charge is -2.15. The van der Waals surface area contributed by atoms with Gasteiger partial charge < -0.3 is 15.1 Å². The second-order valence-electron chi connectivity index (χ2n) is 4.14. The van der Waals surface area contributed by atoms with Crippen molar-refractivity contribution in [2.75, 3.05) is 5.32 Å². The van der Waals surface area contributed by atoms with Gasteiger partial charge in [-0.3, -0.25) is 4.79 Å². The maximum atomic E-state index is 11.9. The normalized spacial score (nSPS) is 11.9. The summed E-state index contributed by atoms with van der Waals surface area (Å²) in [5.74, 6) is 0.606. The number of hydrogen-bond acceptors (Lipinski definition) is 3. The van der Waals surface area contributed by atoms with Crippen molar-refractivity contribution < 1.29 is 9.21 Å². The molecule has 0 aliphatic carbocycles.